The molecule has 13 rings (SSSR count). The first kappa shape index (κ1) is 81.1. The zero-order valence-electron chi connectivity index (χ0n) is 63.3. The number of fused-ring (bicyclic) bond motifs is 3. The van der Waals surface area contributed by atoms with E-state index in [1.807, 2.05) is 33.8 Å². The van der Waals surface area contributed by atoms with Crippen LogP contribution in [0.5, 0.6) is 17.2 Å². The van der Waals surface area contributed by atoms with E-state index >= 15 is 0 Å². The number of halogens is 5. The van der Waals surface area contributed by atoms with E-state index in [4.69, 9.17) is 64.8 Å². The van der Waals surface area contributed by atoms with Crippen LogP contribution in [0.15, 0.2) is 55.1 Å². The van der Waals surface area contributed by atoms with E-state index in [-0.39, 0.29) is 100 Å². The second-order valence-electron chi connectivity index (χ2n) is 26.7. The molecule has 112 heavy (non-hydrogen) atoms. The summed E-state index contributed by atoms with van der Waals surface area (Å²) in [4.78, 5) is 122. The smallest absolute Gasteiger partial charge is 0.434 e. The standard InChI is InChI=1S/C27H31ClN8O4.C27H34ClN7O2.C22H19F3N6O4/c1-15-13-30-20(16(2)22(15)40-3)14-36-24-21(23(28)32-27(29)33-24)18(25(36)38)12-17-4-5-19(31-17)26(39)35-8-6-34(7-9-35)10-11-37;1-6-34(7-2)12-8-9-18-10-11-19(31-18)13-20-22-24(28)32-27(29)33-25(22)35(26(20)36)15-21-17(4)23(37-5)16(3)14-30-21;1-9-6-28-14(10(2)16(9)35-3)8-31-18-15(17(22(23,24)25)29-21(26)30-18)13(19(31)32)5-12-4-11(7-27-12)20(33)34/h4-5,12-13,31,37H,6-11,14H2,1-3H3,(H2,29,32,33);10-11,13-14,31H,6-9,12,15H2,1-5H3,(H2,29,32,33);4-7,27H,8H2,1-3H3,(H,33,34)(H2,26,29,30)/b18-12-;20-13-;13-5-. The number of amides is 4. The number of carbonyl (C=O) groups excluding carboxylic acids is 4. The fourth-order valence-corrected chi connectivity index (χ4v) is 14.3. The highest BCUT2D eigenvalue weighted by molar-refractivity contribution is 6.42. The van der Waals surface area contributed by atoms with Crippen LogP contribution in [-0.4, -0.2) is 195 Å². The second-order valence-corrected chi connectivity index (χ2v) is 27.4. The molecular formula is C76H84Cl2F3N21O10. The third kappa shape index (κ3) is 17.0. The van der Waals surface area contributed by atoms with Gasteiger partial charge in [-0.15, -0.1) is 0 Å². The summed E-state index contributed by atoms with van der Waals surface area (Å²) >= 11 is 13.0. The third-order valence-electron chi connectivity index (χ3n) is 19.5. The Labute approximate surface area is 651 Å². The number of carboxylic acid groups (broad SMARTS) is 1. The lowest BCUT2D eigenvalue weighted by molar-refractivity contribution is -0.141. The molecule has 4 aliphatic rings. The van der Waals surface area contributed by atoms with Crippen LogP contribution in [-0.2, 0) is 46.6 Å². The maximum Gasteiger partial charge on any atom is 0.434 e. The first-order valence-electron chi connectivity index (χ1n) is 35.5. The predicted molar refractivity (Wildman–Crippen MR) is 417 cm³/mol. The molecule has 1 saturated heterocycles. The van der Waals surface area contributed by atoms with Crippen molar-refractivity contribution in [2.45, 2.75) is 94.0 Å². The van der Waals surface area contributed by atoms with Crippen molar-refractivity contribution < 1.29 is 61.6 Å². The van der Waals surface area contributed by atoms with E-state index in [0.29, 0.717) is 101 Å². The van der Waals surface area contributed by atoms with Crippen LogP contribution in [0.25, 0.3) is 34.9 Å². The molecule has 31 nitrogen and oxygen atoms in total. The summed E-state index contributed by atoms with van der Waals surface area (Å²) in [6, 6.07) is 8.64. The van der Waals surface area contributed by atoms with Gasteiger partial charge >= 0.3 is 12.1 Å². The molecule has 9 aromatic rings. The molecule has 1 fully saturated rings. The summed E-state index contributed by atoms with van der Waals surface area (Å²) in [5.74, 6) is -1.16. The summed E-state index contributed by atoms with van der Waals surface area (Å²) in [6.07, 6.45) is 7.72. The molecule has 0 aliphatic carbocycles. The fourth-order valence-electron chi connectivity index (χ4n) is 13.8. The van der Waals surface area contributed by atoms with E-state index < -0.39 is 35.3 Å². The molecule has 0 bridgehead atoms. The number of rotatable bonds is 22. The minimum Gasteiger partial charge on any atom is -0.496 e. The fraction of sp³-hybridized carbons (Fsp3) is 0.342. The van der Waals surface area contributed by atoms with Gasteiger partial charge in [-0.1, -0.05) is 37.0 Å². The minimum absolute atomic E-state index is 0.00401. The normalized spacial score (nSPS) is 15.2. The first-order chi connectivity index (χ1) is 53.4. The molecule has 0 atom stereocenters. The highest BCUT2D eigenvalue weighted by Gasteiger charge is 2.46. The Kier molecular flexibility index (Phi) is 24.8. The molecule has 11 N–H and O–H groups in total. The zero-order chi connectivity index (χ0) is 80.9. The quantitative estimate of drug-likeness (QED) is 0.0231. The van der Waals surface area contributed by atoms with E-state index in [9.17, 15) is 37.1 Å². The number of carbonyl (C=O) groups is 5. The molecule has 0 spiro atoms. The molecule has 9 aromatic heterocycles. The molecule has 4 amide bonds. The Morgan fingerprint density at radius 3 is 1.46 bits per heavy atom. The number of aromatic nitrogens is 12. The van der Waals surface area contributed by atoms with Gasteiger partial charge in [-0.25, -0.2) is 19.7 Å². The Morgan fingerprint density at radius 2 is 1.04 bits per heavy atom. The van der Waals surface area contributed by atoms with Gasteiger partial charge in [-0.3, -0.25) is 53.7 Å². The zero-order valence-corrected chi connectivity index (χ0v) is 64.8. The number of piperazine rings is 1. The van der Waals surface area contributed by atoms with Crippen LogP contribution in [0.4, 0.5) is 48.5 Å². The number of aliphatic hydroxyl groups is 1. The van der Waals surface area contributed by atoms with Crippen molar-refractivity contribution in [1.29, 1.82) is 0 Å². The number of nitrogens with one attached hydrogen (secondary N) is 3. The van der Waals surface area contributed by atoms with E-state index in [0.717, 1.165) is 94.6 Å². The maximum atomic E-state index is 13.9. The second kappa shape index (κ2) is 34.2. The Balaban J connectivity index is 0.000000167. The van der Waals surface area contributed by atoms with Gasteiger partial charge in [0.2, 0.25) is 17.8 Å². The highest BCUT2D eigenvalue weighted by atomic mass is 35.5. The van der Waals surface area contributed by atoms with Gasteiger partial charge in [0.15, 0.2) is 17.3 Å². The number of alkyl halides is 3. The lowest BCUT2D eigenvalue weighted by Gasteiger charge is -2.34. The molecule has 4 aliphatic heterocycles. The highest BCUT2D eigenvalue weighted by Crippen LogP contribution is 2.47. The van der Waals surface area contributed by atoms with Crippen molar-refractivity contribution in [2.75, 3.05) is 112 Å². The van der Waals surface area contributed by atoms with Crippen LogP contribution < -0.4 is 46.1 Å². The number of methoxy groups -OCH3 is 3. The Hall–Kier alpha value is -11.9. The van der Waals surface area contributed by atoms with Crippen LogP contribution in [0.3, 0.4) is 0 Å². The monoisotopic (exact) mass is 1580 g/mol. The van der Waals surface area contributed by atoms with Gasteiger partial charge in [0.1, 0.15) is 39.1 Å². The van der Waals surface area contributed by atoms with Crippen LogP contribution in [0, 0.1) is 41.5 Å². The van der Waals surface area contributed by atoms with Gasteiger partial charge in [-0.05, 0) is 123 Å². The summed E-state index contributed by atoms with van der Waals surface area (Å²) in [7, 11) is 4.69. The van der Waals surface area contributed by atoms with Gasteiger partial charge in [0.05, 0.1) is 104 Å². The average Bonchev–Trinajstić information content (AvgIpc) is 1.61. The van der Waals surface area contributed by atoms with Crippen LogP contribution in [0.2, 0.25) is 10.3 Å². The van der Waals surface area contributed by atoms with E-state index in [2.05, 4.69) is 89.5 Å². The molecule has 0 unspecified atom stereocenters. The third-order valence-corrected chi connectivity index (χ3v) is 20.1. The number of aromatic carboxylic acids is 1. The van der Waals surface area contributed by atoms with E-state index in [1.54, 1.807) is 74.5 Å². The number of β-amino-alcohol motifs (C(OH)–C–C–N with tert-alkyl or cyclic N) is 1. The molecule has 13 heterocycles. The molecule has 36 heteroatoms. The molecule has 0 radical (unpaired) electrons. The molecule has 0 saturated carbocycles. The number of hydrogen-bond acceptors (Lipinski definition) is 23. The van der Waals surface area contributed by atoms with Crippen molar-refractivity contribution in [3.05, 3.63) is 172 Å². The van der Waals surface area contributed by atoms with Crippen molar-refractivity contribution in [3.8, 4) is 17.2 Å². The van der Waals surface area contributed by atoms with Gasteiger partial charge in [-0.2, -0.15) is 28.1 Å². The number of ether oxygens (including phenoxy) is 3. The topological polar surface area (TPSA) is 414 Å². The van der Waals surface area contributed by atoms with Gasteiger partial charge < -0.3 is 66.4 Å². The first-order valence-corrected chi connectivity index (χ1v) is 36.3. The maximum absolute atomic E-state index is 13.9. The SMILES string of the molecule is CCN(CC)CCCc1ccc(/C=C2\C(=O)N(Cc3ncc(C)c(OC)c3C)c3nc(N)nc(Cl)c32)[nH]1.COc1c(C)cnc(CN2C(=O)/C(=C\c3cc(C(=O)O)c[nH]3)c3c2nc(N)nc3C(F)(F)F)c1C.COc1c(C)cnc(CN2C(=O)/C(=C\c3ccc(C(=O)N4CCN(CCO)CC4)[nH]3)c3c(Cl)nc(N)nc32)c1C. The van der Waals surface area contributed by atoms with Crippen molar-refractivity contribution >= 4 is 123 Å². The Morgan fingerprint density at radius 1 is 0.607 bits per heavy atom. The summed E-state index contributed by atoms with van der Waals surface area (Å²) < 4.78 is 58.2. The van der Waals surface area contributed by atoms with Crippen molar-refractivity contribution in [2.24, 2.45) is 0 Å². The van der Waals surface area contributed by atoms with Gasteiger partial charge in [0.25, 0.3) is 23.6 Å². The lowest BCUT2D eigenvalue weighted by atomic mass is 10.1. The number of H-pyrrole nitrogens is 3. The lowest BCUT2D eigenvalue weighted by Crippen LogP contribution is -2.49. The van der Waals surface area contributed by atoms with E-state index in [1.165, 1.54) is 24.3 Å². The number of pyridine rings is 3. The number of nitrogens with zero attached hydrogens (tertiary/aromatic N) is 15. The number of aliphatic hydroxyl groups excluding tert-OH is 1. The minimum atomic E-state index is -4.94. The number of nitrogen functional groups attached to an aromatic ring is 3. The number of aryl methyl sites for hydroxylation is 4. The largest absolute Gasteiger partial charge is 0.496 e. The molecule has 588 valence electrons. The summed E-state index contributed by atoms with van der Waals surface area (Å²) in [5, 5.41) is 18.5. The number of hydrogen-bond donors (Lipinski definition) is 8. The molecular weight excluding hydrogens is 1490 g/mol. The number of aromatic amines is 3. The Bertz CT molecular complexity index is 5240. The predicted octanol–water partition coefficient (Wildman–Crippen LogP) is 9.53. The van der Waals surface area contributed by atoms with Crippen molar-refractivity contribution in [1.82, 2.24) is 74.5 Å². The van der Waals surface area contributed by atoms with Crippen LogP contribution >= 0.6 is 23.2 Å². The molecule has 0 aromatic carbocycles. The summed E-state index contributed by atoms with van der Waals surface area (Å²) in [5.41, 5.74) is 26.0. The average molecular weight is 1580 g/mol. The number of nitrogens with two attached hydrogens (primary N) is 3. The number of anilines is 6. The van der Waals surface area contributed by atoms with Crippen molar-refractivity contribution in [3.63, 3.8) is 0 Å². The van der Waals surface area contributed by atoms with Gasteiger partial charge in [0, 0.05) is 114 Å². The summed E-state index contributed by atoms with van der Waals surface area (Å²) in [6.45, 7) is 22.0. The van der Waals surface area contributed by atoms with Crippen LogP contribution in [0.1, 0.15) is 137 Å². The number of carboxylic acids is 1.